The van der Waals surface area contributed by atoms with Crippen LogP contribution in [0.15, 0.2) is 83.7 Å². The first-order chi connectivity index (χ1) is 15.6. The molecule has 0 radical (unpaired) electrons. The monoisotopic (exact) mass is 429 g/mol. The van der Waals surface area contributed by atoms with E-state index in [1.807, 2.05) is 48.5 Å². The second kappa shape index (κ2) is 9.52. The normalized spacial score (nSPS) is 10.5. The fourth-order valence-corrected chi connectivity index (χ4v) is 3.07. The summed E-state index contributed by atoms with van der Waals surface area (Å²) >= 11 is 0. The topological polar surface area (TPSA) is 115 Å². The van der Waals surface area contributed by atoms with E-state index in [9.17, 15) is 14.4 Å². The van der Waals surface area contributed by atoms with Crippen LogP contribution in [0, 0.1) is 0 Å². The van der Waals surface area contributed by atoms with Gasteiger partial charge in [-0.1, -0.05) is 65.9 Å². The molecule has 4 aromatic rings. The molecule has 0 aliphatic heterocycles. The van der Waals surface area contributed by atoms with E-state index in [2.05, 4.69) is 21.2 Å². The number of carbonyl (C=O) groups excluding carboxylic acids is 2. The molecule has 160 valence electrons. The Kier molecular flexibility index (Phi) is 6.17. The molecule has 0 spiro atoms. The molecule has 0 aliphatic rings. The zero-order valence-electron chi connectivity index (χ0n) is 16.9. The Morgan fingerprint density at radius 3 is 2.38 bits per heavy atom. The molecule has 0 saturated carbocycles. The lowest BCUT2D eigenvalue weighted by atomic mass is 10.1. The van der Waals surface area contributed by atoms with Crippen molar-refractivity contribution in [3.05, 3.63) is 89.2 Å². The number of hydrogen-bond donors (Lipinski definition) is 2. The average molecular weight is 429 g/mol. The second-order valence-electron chi connectivity index (χ2n) is 6.82. The Morgan fingerprint density at radius 2 is 1.53 bits per heavy atom. The van der Waals surface area contributed by atoms with Gasteiger partial charge in [0.05, 0.1) is 5.39 Å². The summed E-state index contributed by atoms with van der Waals surface area (Å²) in [4.78, 5) is 36.6. The van der Waals surface area contributed by atoms with Crippen molar-refractivity contribution in [2.24, 2.45) is 0 Å². The van der Waals surface area contributed by atoms with Gasteiger partial charge < -0.3 is 4.74 Å². The molecular weight excluding hydrogens is 410 g/mol. The Morgan fingerprint density at radius 1 is 0.844 bits per heavy atom. The van der Waals surface area contributed by atoms with Gasteiger partial charge in [0.1, 0.15) is 17.8 Å². The summed E-state index contributed by atoms with van der Waals surface area (Å²) in [7, 11) is 0. The summed E-state index contributed by atoms with van der Waals surface area (Å²) < 4.78 is 6.56. The van der Waals surface area contributed by atoms with Crippen LogP contribution in [-0.4, -0.2) is 33.4 Å². The Hall–Kier alpha value is -4.53. The van der Waals surface area contributed by atoms with Gasteiger partial charge in [0.2, 0.25) is 0 Å². The largest absolute Gasteiger partial charge is 0.483 e. The van der Waals surface area contributed by atoms with E-state index in [0.29, 0.717) is 16.7 Å². The summed E-state index contributed by atoms with van der Waals surface area (Å²) in [5.41, 5.74) is 6.30. The van der Waals surface area contributed by atoms with Gasteiger partial charge in [-0.15, -0.1) is 5.10 Å². The second-order valence-corrected chi connectivity index (χ2v) is 6.82. The number of hydrogen-bond acceptors (Lipinski definition) is 6. The number of aromatic nitrogens is 3. The third-order valence-corrected chi connectivity index (χ3v) is 4.59. The van der Waals surface area contributed by atoms with Crippen LogP contribution in [0.3, 0.4) is 0 Å². The van der Waals surface area contributed by atoms with Crippen LogP contribution in [0.25, 0.3) is 22.0 Å². The zero-order chi connectivity index (χ0) is 22.3. The van der Waals surface area contributed by atoms with Gasteiger partial charge >= 0.3 is 0 Å². The van der Waals surface area contributed by atoms with Crippen LogP contribution in [0.2, 0.25) is 0 Å². The quantitative estimate of drug-likeness (QED) is 0.451. The zero-order valence-corrected chi connectivity index (χ0v) is 16.9. The first kappa shape index (κ1) is 20.7. The van der Waals surface area contributed by atoms with Crippen molar-refractivity contribution in [1.82, 2.24) is 25.8 Å². The summed E-state index contributed by atoms with van der Waals surface area (Å²) in [6, 6.07) is 23.7. The Balaban J connectivity index is 1.32. The van der Waals surface area contributed by atoms with Crippen LogP contribution in [0.1, 0.15) is 0 Å². The summed E-state index contributed by atoms with van der Waals surface area (Å²) in [6.07, 6.45) is 0. The highest BCUT2D eigenvalue weighted by Crippen LogP contribution is 2.29. The van der Waals surface area contributed by atoms with E-state index < -0.39 is 23.9 Å². The van der Waals surface area contributed by atoms with Crippen LogP contribution < -0.4 is 21.1 Å². The third-order valence-electron chi connectivity index (χ3n) is 4.59. The van der Waals surface area contributed by atoms with Crippen LogP contribution in [-0.2, 0) is 16.1 Å². The average Bonchev–Trinajstić information content (AvgIpc) is 2.84. The summed E-state index contributed by atoms with van der Waals surface area (Å²) in [5.74, 6) is -0.647. The van der Waals surface area contributed by atoms with Gasteiger partial charge in [-0.05, 0) is 23.8 Å². The number of nitrogens with zero attached hydrogens (tertiary/aromatic N) is 3. The molecule has 4 rings (SSSR count). The number of nitrogens with one attached hydrogen (secondary N) is 2. The number of para-hydroxylation sites is 1. The number of amides is 2. The van der Waals surface area contributed by atoms with Gasteiger partial charge in [0.25, 0.3) is 17.4 Å². The van der Waals surface area contributed by atoms with Gasteiger partial charge in [0, 0.05) is 5.56 Å². The van der Waals surface area contributed by atoms with Crippen molar-refractivity contribution in [3.63, 3.8) is 0 Å². The molecule has 2 N–H and O–H groups in total. The van der Waals surface area contributed by atoms with E-state index in [-0.39, 0.29) is 6.61 Å². The van der Waals surface area contributed by atoms with Gasteiger partial charge in [0.15, 0.2) is 6.61 Å². The SMILES string of the molecule is O=C(COc1ccccc1-c1ccccc1)NNC(=O)Cn1nnc2ccccc2c1=O. The highest BCUT2D eigenvalue weighted by atomic mass is 16.5. The van der Waals surface area contributed by atoms with E-state index in [1.165, 1.54) is 0 Å². The predicted molar refractivity (Wildman–Crippen MR) is 117 cm³/mol. The maximum absolute atomic E-state index is 12.4. The third kappa shape index (κ3) is 4.78. The molecule has 0 fully saturated rings. The van der Waals surface area contributed by atoms with E-state index in [1.54, 1.807) is 30.3 Å². The lowest BCUT2D eigenvalue weighted by Crippen LogP contribution is -2.46. The first-order valence-corrected chi connectivity index (χ1v) is 9.79. The molecule has 1 heterocycles. The molecule has 0 unspecified atom stereocenters. The number of ether oxygens (including phenoxy) is 1. The van der Waals surface area contributed by atoms with Crippen molar-refractivity contribution in [3.8, 4) is 16.9 Å². The summed E-state index contributed by atoms with van der Waals surface area (Å²) in [5, 5.41) is 8.01. The summed E-state index contributed by atoms with van der Waals surface area (Å²) in [6.45, 7) is -0.700. The smallest absolute Gasteiger partial charge is 0.278 e. The number of hydrazine groups is 1. The molecule has 0 saturated heterocycles. The number of fused-ring (bicyclic) bond motifs is 1. The van der Waals surface area contributed by atoms with Crippen molar-refractivity contribution in [2.75, 3.05) is 6.61 Å². The van der Waals surface area contributed by atoms with E-state index >= 15 is 0 Å². The maximum Gasteiger partial charge on any atom is 0.278 e. The molecule has 0 bridgehead atoms. The number of benzene rings is 3. The van der Waals surface area contributed by atoms with Crippen molar-refractivity contribution >= 4 is 22.7 Å². The Bertz CT molecular complexity index is 1320. The van der Waals surface area contributed by atoms with Crippen molar-refractivity contribution in [2.45, 2.75) is 6.54 Å². The molecule has 9 heteroatoms. The van der Waals surface area contributed by atoms with Crippen LogP contribution >= 0.6 is 0 Å². The van der Waals surface area contributed by atoms with Crippen molar-refractivity contribution in [1.29, 1.82) is 0 Å². The van der Waals surface area contributed by atoms with E-state index in [4.69, 9.17) is 4.74 Å². The molecule has 3 aromatic carbocycles. The lowest BCUT2D eigenvalue weighted by Gasteiger charge is -2.12. The highest BCUT2D eigenvalue weighted by Gasteiger charge is 2.12. The van der Waals surface area contributed by atoms with Crippen molar-refractivity contribution < 1.29 is 14.3 Å². The molecular formula is C23H19N5O4. The number of carbonyl (C=O) groups is 2. The standard InChI is InChI=1S/C23H19N5O4/c29-21(14-28-23(31)18-11-4-6-12-19(18)24-27-28)25-26-22(30)15-32-20-13-7-5-10-17(20)16-8-2-1-3-9-16/h1-13H,14-15H2,(H,25,29)(H,26,30). The molecule has 9 nitrogen and oxygen atoms in total. The lowest BCUT2D eigenvalue weighted by molar-refractivity contribution is -0.130. The fourth-order valence-electron chi connectivity index (χ4n) is 3.07. The number of rotatable bonds is 6. The molecule has 1 aromatic heterocycles. The maximum atomic E-state index is 12.4. The Labute approximate surface area is 182 Å². The minimum absolute atomic E-state index is 0.306. The van der Waals surface area contributed by atoms with Gasteiger partial charge in [-0.3, -0.25) is 25.2 Å². The molecule has 0 aliphatic carbocycles. The predicted octanol–water partition coefficient (Wildman–Crippen LogP) is 1.68. The fraction of sp³-hybridized carbons (Fsp3) is 0.0870. The molecule has 32 heavy (non-hydrogen) atoms. The van der Waals surface area contributed by atoms with Gasteiger partial charge in [-0.2, -0.15) is 0 Å². The minimum Gasteiger partial charge on any atom is -0.483 e. The van der Waals surface area contributed by atoms with Crippen LogP contribution in [0.4, 0.5) is 0 Å². The van der Waals surface area contributed by atoms with Gasteiger partial charge in [-0.25, -0.2) is 4.68 Å². The first-order valence-electron chi connectivity index (χ1n) is 9.79. The minimum atomic E-state index is -0.630. The molecule has 0 atom stereocenters. The molecule has 2 amide bonds. The van der Waals surface area contributed by atoms with E-state index in [0.717, 1.165) is 15.8 Å². The van der Waals surface area contributed by atoms with Crippen LogP contribution in [0.5, 0.6) is 5.75 Å². The highest BCUT2D eigenvalue weighted by molar-refractivity contribution is 5.83.